The van der Waals surface area contributed by atoms with Crippen LogP contribution in [0.4, 0.5) is 11.4 Å². The molecule has 0 aromatic heterocycles. The SMILES string of the molecule is Cc1ccc(N(CC(=O)Nc2c(Cl)cccc2Cl)C(C)C)cc1. The van der Waals surface area contributed by atoms with Crippen LogP contribution in [0.3, 0.4) is 0 Å². The van der Waals surface area contributed by atoms with E-state index in [9.17, 15) is 4.79 Å². The van der Waals surface area contributed by atoms with Crippen LogP contribution in [-0.2, 0) is 4.79 Å². The smallest absolute Gasteiger partial charge is 0.243 e. The fraction of sp³-hybridized carbons (Fsp3) is 0.278. The summed E-state index contributed by atoms with van der Waals surface area (Å²) in [5.74, 6) is -0.158. The summed E-state index contributed by atoms with van der Waals surface area (Å²) < 4.78 is 0. The van der Waals surface area contributed by atoms with Crippen molar-refractivity contribution in [1.82, 2.24) is 0 Å². The fourth-order valence-corrected chi connectivity index (χ4v) is 2.75. The van der Waals surface area contributed by atoms with Crippen LogP contribution in [0.1, 0.15) is 19.4 Å². The number of carbonyl (C=O) groups is 1. The van der Waals surface area contributed by atoms with E-state index in [2.05, 4.69) is 19.2 Å². The molecule has 2 rings (SSSR count). The highest BCUT2D eigenvalue weighted by Gasteiger charge is 2.16. The largest absolute Gasteiger partial charge is 0.360 e. The van der Waals surface area contributed by atoms with Crippen LogP contribution in [0.25, 0.3) is 0 Å². The van der Waals surface area contributed by atoms with E-state index in [1.165, 1.54) is 5.56 Å². The molecule has 0 saturated carbocycles. The summed E-state index contributed by atoms with van der Waals surface area (Å²) in [4.78, 5) is 14.4. The zero-order valence-electron chi connectivity index (χ0n) is 13.4. The third kappa shape index (κ3) is 4.63. The van der Waals surface area contributed by atoms with Gasteiger partial charge in [-0.3, -0.25) is 4.79 Å². The Morgan fingerprint density at radius 3 is 2.17 bits per heavy atom. The molecule has 3 nitrogen and oxygen atoms in total. The zero-order valence-corrected chi connectivity index (χ0v) is 14.9. The normalized spacial score (nSPS) is 10.7. The molecule has 0 radical (unpaired) electrons. The highest BCUT2D eigenvalue weighted by atomic mass is 35.5. The summed E-state index contributed by atoms with van der Waals surface area (Å²) in [6.07, 6.45) is 0. The first-order chi connectivity index (χ1) is 10.9. The van der Waals surface area contributed by atoms with Crippen molar-refractivity contribution < 1.29 is 4.79 Å². The maximum atomic E-state index is 12.4. The number of hydrogen-bond donors (Lipinski definition) is 1. The summed E-state index contributed by atoms with van der Waals surface area (Å²) in [6.45, 7) is 6.36. The second-order valence-electron chi connectivity index (χ2n) is 5.70. The molecule has 0 spiro atoms. The van der Waals surface area contributed by atoms with Crippen molar-refractivity contribution in [2.24, 2.45) is 0 Å². The molecule has 0 aliphatic carbocycles. The molecular formula is C18H20Cl2N2O. The van der Waals surface area contributed by atoms with Crippen LogP contribution < -0.4 is 10.2 Å². The van der Waals surface area contributed by atoms with Crippen molar-refractivity contribution in [3.8, 4) is 0 Å². The predicted octanol–water partition coefficient (Wildman–Crippen LogP) is 5.16. The molecule has 2 aromatic rings. The molecular weight excluding hydrogens is 331 g/mol. The molecule has 5 heteroatoms. The number of hydrogen-bond acceptors (Lipinski definition) is 2. The van der Waals surface area contributed by atoms with E-state index in [-0.39, 0.29) is 18.5 Å². The van der Waals surface area contributed by atoms with Gasteiger partial charge in [-0.2, -0.15) is 0 Å². The van der Waals surface area contributed by atoms with Gasteiger partial charge >= 0.3 is 0 Å². The summed E-state index contributed by atoms with van der Waals surface area (Å²) in [5, 5.41) is 3.66. The van der Waals surface area contributed by atoms with Crippen molar-refractivity contribution in [1.29, 1.82) is 0 Å². The second kappa shape index (κ2) is 7.71. The van der Waals surface area contributed by atoms with Crippen molar-refractivity contribution >= 4 is 40.5 Å². The standard InChI is InChI=1S/C18H20Cl2N2O/c1-12(2)22(14-9-7-13(3)8-10-14)11-17(23)21-18-15(19)5-4-6-16(18)20/h4-10,12H,11H2,1-3H3,(H,21,23). The van der Waals surface area contributed by atoms with E-state index >= 15 is 0 Å². The number of benzene rings is 2. The highest BCUT2D eigenvalue weighted by molar-refractivity contribution is 6.39. The topological polar surface area (TPSA) is 32.3 Å². The molecule has 0 unspecified atom stereocenters. The Morgan fingerprint density at radius 1 is 1.09 bits per heavy atom. The van der Waals surface area contributed by atoms with E-state index < -0.39 is 0 Å². The summed E-state index contributed by atoms with van der Waals surface area (Å²) >= 11 is 12.2. The Labute approximate surface area is 147 Å². The fourth-order valence-electron chi connectivity index (χ4n) is 2.26. The van der Waals surface area contributed by atoms with E-state index in [1.54, 1.807) is 18.2 Å². The molecule has 0 atom stereocenters. The Bertz CT molecular complexity index is 664. The maximum absolute atomic E-state index is 12.4. The molecule has 1 N–H and O–H groups in total. The number of aryl methyl sites for hydroxylation is 1. The minimum Gasteiger partial charge on any atom is -0.360 e. The average Bonchev–Trinajstić information content (AvgIpc) is 2.49. The molecule has 0 fully saturated rings. The lowest BCUT2D eigenvalue weighted by Gasteiger charge is -2.28. The molecule has 2 aromatic carbocycles. The minimum atomic E-state index is -0.158. The molecule has 0 aliphatic heterocycles. The maximum Gasteiger partial charge on any atom is 0.243 e. The number of rotatable bonds is 5. The lowest BCUT2D eigenvalue weighted by molar-refractivity contribution is -0.115. The third-order valence-electron chi connectivity index (χ3n) is 3.53. The highest BCUT2D eigenvalue weighted by Crippen LogP contribution is 2.29. The summed E-state index contributed by atoms with van der Waals surface area (Å²) in [6, 6.07) is 13.4. The Balaban J connectivity index is 2.14. The van der Waals surface area contributed by atoms with Gasteiger partial charge in [0.05, 0.1) is 22.3 Å². The number of para-hydroxylation sites is 1. The van der Waals surface area contributed by atoms with E-state index in [1.807, 2.05) is 36.1 Å². The predicted molar refractivity (Wildman–Crippen MR) is 98.8 cm³/mol. The van der Waals surface area contributed by atoms with Gasteiger partial charge in [0.15, 0.2) is 0 Å². The second-order valence-corrected chi connectivity index (χ2v) is 6.52. The molecule has 0 aliphatic rings. The van der Waals surface area contributed by atoms with E-state index in [0.717, 1.165) is 5.69 Å². The molecule has 0 saturated heterocycles. The van der Waals surface area contributed by atoms with Gasteiger partial charge in [0.2, 0.25) is 5.91 Å². The van der Waals surface area contributed by atoms with Crippen LogP contribution in [0.2, 0.25) is 10.0 Å². The van der Waals surface area contributed by atoms with Crippen LogP contribution in [-0.4, -0.2) is 18.5 Å². The molecule has 122 valence electrons. The number of nitrogens with one attached hydrogen (secondary N) is 1. The van der Waals surface area contributed by atoms with Gasteiger partial charge < -0.3 is 10.2 Å². The van der Waals surface area contributed by atoms with Gasteiger partial charge in [0.1, 0.15) is 0 Å². The van der Waals surface area contributed by atoms with Gasteiger partial charge in [0.25, 0.3) is 0 Å². The molecule has 0 bridgehead atoms. The number of amides is 1. The lowest BCUT2D eigenvalue weighted by atomic mass is 10.2. The Kier molecular flexibility index (Phi) is 5.91. The van der Waals surface area contributed by atoms with Crippen molar-refractivity contribution in [2.75, 3.05) is 16.8 Å². The quantitative estimate of drug-likeness (QED) is 0.807. The first-order valence-electron chi connectivity index (χ1n) is 7.45. The first-order valence-corrected chi connectivity index (χ1v) is 8.21. The average molecular weight is 351 g/mol. The number of nitrogens with zero attached hydrogens (tertiary/aromatic N) is 1. The third-order valence-corrected chi connectivity index (χ3v) is 4.16. The number of anilines is 2. The summed E-state index contributed by atoms with van der Waals surface area (Å²) in [5.41, 5.74) is 2.64. The summed E-state index contributed by atoms with van der Waals surface area (Å²) in [7, 11) is 0. The monoisotopic (exact) mass is 350 g/mol. The minimum absolute atomic E-state index is 0.158. The van der Waals surface area contributed by atoms with Crippen molar-refractivity contribution in [3.05, 3.63) is 58.1 Å². The van der Waals surface area contributed by atoms with Gasteiger partial charge in [-0.05, 0) is 45.0 Å². The van der Waals surface area contributed by atoms with Gasteiger partial charge in [-0.1, -0.05) is 47.0 Å². The van der Waals surface area contributed by atoms with Crippen LogP contribution in [0, 0.1) is 6.92 Å². The first kappa shape index (κ1) is 17.6. The molecule has 23 heavy (non-hydrogen) atoms. The number of carbonyl (C=O) groups excluding carboxylic acids is 1. The van der Waals surface area contributed by atoms with Gasteiger partial charge in [-0.25, -0.2) is 0 Å². The molecule has 0 heterocycles. The molecule has 1 amide bonds. The van der Waals surface area contributed by atoms with Crippen LogP contribution >= 0.6 is 23.2 Å². The van der Waals surface area contributed by atoms with Crippen LogP contribution in [0.5, 0.6) is 0 Å². The van der Waals surface area contributed by atoms with Crippen LogP contribution in [0.15, 0.2) is 42.5 Å². The van der Waals surface area contributed by atoms with E-state index in [4.69, 9.17) is 23.2 Å². The van der Waals surface area contributed by atoms with Gasteiger partial charge in [-0.15, -0.1) is 0 Å². The van der Waals surface area contributed by atoms with E-state index in [0.29, 0.717) is 15.7 Å². The zero-order chi connectivity index (χ0) is 17.0. The van der Waals surface area contributed by atoms with Crippen molar-refractivity contribution in [2.45, 2.75) is 26.8 Å². The van der Waals surface area contributed by atoms with Gasteiger partial charge in [0, 0.05) is 11.7 Å². The lowest BCUT2D eigenvalue weighted by Crippen LogP contribution is -2.38. The number of halogens is 2. The van der Waals surface area contributed by atoms with Crippen molar-refractivity contribution in [3.63, 3.8) is 0 Å². The Morgan fingerprint density at radius 2 is 1.65 bits per heavy atom. The Hall–Kier alpha value is -1.71.